The van der Waals surface area contributed by atoms with E-state index in [0.29, 0.717) is 23.6 Å². The van der Waals surface area contributed by atoms with Gasteiger partial charge < -0.3 is 19.2 Å². The zero-order chi connectivity index (χ0) is 20.9. The Bertz CT molecular complexity index is 1240. The summed E-state index contributed by atoms with van der Waals surface area (Å²) in [7, 11) is 1.57. The van der Waals surface area contributed by atoms with Crippen LogP contribution in [-0.2, 0) is 4.79 Å². The second-order valence-electron chi connectivity index (χ2n) is 6.64. The van der Waals surface area contributed by atoms with Crippen LogP contribution in [0.3, 0.4) is 0 Å². The lowest BCUT2D eigenvalue weighted by molar-refractivity contribution is -0.111. The molecule has 0 atom stereocenters. The highest BCUT2D eigenvalue weighted by atomic mass is 16.5. The monoisotopic (exact) mass is 399 g/mol. The molecule has 1 aromatic heterocycles. The van der Waals surface area contributed by atoms with E-state index < -0.39 is 0 Å². The zero-order valence-corrected chi connectivity index (χ0v) is 16.6. The molecule has 3 aromatic carbocycles. The molecule has 0 fully saturated rings. The van der Waals surface area contributed by atoms with Gasteiger partial charge in [0.25, 0.3) is 0 Å². The van der Waals surface area contributed by atoms with E-state index in [0.717, 1.165) is 27.7 Å². The second-order valence-corrected chi connectivity index (χ2v) is 6.64. The van der Waals surface area contributed by atoms with Crippen molar-refractivity contribution in [3.63, 3.8) is 0 Å². The molecule has 1 heterocycles. The van der Waals surface area contributed by atoms with Gasteiger partial charge >= 0.3 is 0 Å². The van der Waals surface area contributed by atoms with Crippen LogP contribution in [0.4, 0.5) is 5.69 Å². The van der Waals surface area contributed by atoms with Crippen molar-refractivity contribution in [1.29, 1.82) is 0 Å². The predicted octanol–water partition coefficient (Wildman–Crippen LogP) is 5.81. The van der Waals surface area contributed by atoms with E-state index in [9.17, 15) is 4.79 Å². The van der Waals surface area contributed by atoms with Gasteiger partial charge in [0.1, 0.15) is 29.3 Å². The molecule has 4 rings (SSSR count). The van der Waals surface area contributed by atoms with Crippen molar-refractivity contribution in [2.45, 2.75) is 0 Å². The molecule has 1 N–H and O–H groups in total. The van der Waals surface area contributed by atoms with Crippen molar-refractivity contribution < 1.29 is 18.7 Å². The number of amides is 1. The first kappa shape index (κ1) is 19.3. The summed E-state index contributed by atoms with van der Waals surface area (Å²) in [5.41, 5.74) is 2.91. The Kier molecular flexibility index (Phi) is 5.52. The van der Waals surface area contributed by atoms with Gasteiger partial charge in [-0.15, -0.1) is 0 Å². The summed E-state index contributed by atoms with van der Waals surface area (Å²) in [5, 5.41) is 4.80. The van der Waals surface area contributed by atoms with Gasteiger partial charge in [0.05, 0.1) is 12.8 Å². The summed E-state index contributed by atoms with van der Waals surface area (Å²) < 4.78 is 16.8. The number of rotatable bonds is 7. The van der Waals surface area contributed by atoms with E-state index >= 15 is 0 Å². The van der Waals surface area contributed by atoms with Crippen LogP contribution in [0.1, 0.15) is 5.56 Å². The molecule has 0 saturated carbocycles. The number of hydrogen-bond donors (Lipinski definition) is 1. The Morgan fingerprint density at radius 3 is 2.63 bits per heavy atom. The highest BCUT2D eigenvalue weighted by molar-refractivity contribution is 6.09. The first-order chi connectivity index (χ1) is 14.7. The van der Waals surface area contributed by atoms with E-state index in [1.165, 1.54) is 6.08 Å². The number of furan rings is 1. The fourth-order valence-electron chi connectivity index (χ4n) is 3.19. The number of para-hydroxylation sites is 1. The maximum Gasteiger partial charge on any atom is 0.248 e. The average molecular weight is 399 g/mol. The minimum absolute atomic E-state index is 0.268. The Morgan fingerprint density at radius 2 is 1.87 bits per heavy atom. The number of hydrogen-bond acceptors (Lipinski definition) is 4. The predicted molar refractivity (Wildman–Crippen MR) is 120 cm³/mol. The van der Waals surface area contributed by atoms with Crippen LogP contribution < -0.4 is 14.8 Å². The number of fused-ring (bicyclic) bond motifs is 3. The van der Waals surface area contributed by atoms with Crippen LogP contribution in [0, 0.1) is 0 Å². The summed E-state index contributed by atoms with van der Waals surface area (Å²) in [6, 6.07) is 18.9. The Labute approximate surface area is 174 Å². The van der Waals surface area contributed by atoms with Gasteiger partial charge in [0.15, 0.2) is 0 Å². The number of anilines is 1. The SMILES string of the molecule is C=CCOc1ccc(/C=C/C(=O)Nc2cc3oc4ccccc4c3cc2OC)cc1. The van der Waals surface area contributed by atoms with E-state index in [1.807, 2.05) is 54.6 Å². The van der Waals surface area contributed by atoms with Crippen LogP contribution in [0.5, 0.6) is 11.5 Å². The van der Waals surface area contributed by atoms with E-state index in [1.54, 1.807) is 25.3 Å². The highest BCUT2D eigenvalue weighted by Gasteiger charge is 2.13. The van der Waals surface area contributed by atoms with E-state index in [2.05, 4.69) is 11.9 Å². The fourth-order valence-corrected chi connectivity index (χ4v) is 3.19. The lowest BCUT2D eigenvalue weighted by atomic mass is 10.1. The minimum atomic E-state index is -0.268. The molecule has 5 nitrogen and oxygen atoms in total. The lowest BCUT2D eigenvalue weighted by Gasteiger charge is -2.09. The molecule has 1 amide bonds. The summed E-state index contributed by atoms with van der Waals surface area (Å²) >= 11 is 0. The highest BCUT2D eigenvalue weighted by Crippen LogP contribution is 2.36. The second kappa shape index (κ2) is 8.57. The van der Waals surface area contributed by atoms with Crippen molar-refractivity contribution in [3.8, 4) is 11.5 Å². The molecule has 0 aliphatic rings. The largest absolute Gasteiger partial charge is 0.495 e. The number of methoxy groups -OCH3 is 1. The molecule has 0 bridgehead atoms. The first-order valence-corrected chi connectivity index (χ1v) is 9.50. The average Bonchev–Trinajstić information content (AvgIpc) is 3.13. The number of nitrogens with one attached hydrogen (secondary N) is 1. The first-order valence-electron chi connectivity index (χ1n) is 9.50. The standard InChI is InChI=1S/C25H21NO4/c1-3-14-29-18-11-8-17(9-12-18)10-13-25(27)26-21-16-23-20(15-24(21)28-2)19-6-4-5-7-22(19)30-23/h3-13,15-16H,1,14H2,2H3,(H,26,27)/b13-10+. The molecule has 0 aliphatic carbocycles. The van der Waals surface area contributed by atoms with Gasteiger partial charge in [-0.1, -0.05) is 43.0 Å². The van der Waals surface area contributed by atoms with Crippen LogP contribution in [-0.4, -0.2) is 19.6 Å². The Morgan fingerprint density at radius 1 is 1.07 bits per heavy atom. The normalized spacial score (nSPS) is 11.1. The Hall–Kier alpha value is -3.99. The Balaban J connectivity index is 1.52. The molecule has 4 aromatic rings. The maximum absolute atomic E-state index is 12.5. The third-order valence-corrected chi connectivity index (χ3v) is 4.63. The van der Waals surface area contributed by atoms with Crippen LogP contribution in [0.25, 0.3) is 28.0 Å². The molecular formula is C25H21NO4. The number of carbonyl (C=O) groups is 1. The van der Waals surface area contributed by atoms with E-state index in [4.69, 9.17) is 13.9 Å². The molecule has 0 radical (unpaired) electrons. The lowest BCUT2D eigenvalue weighted by Crippen LogP contribution is -2.08. The van der Waals surface area contributed by atoms with Gasteiger partial charge in [-0.25, -0.2) is 0 Å². The van der Waals surface area contributed by atoms with Crippen molar-refractivity contribution in [2.24, 2.45) is 0 Å². The molecule has 5 heteroatoms. The van der Waals surface area contributed by atoms with Gasteiger partial charge in [-0.2, -0.15) is 0 Å². The van der Waals surface area contributed by atoms with Crippen molar-refractivity contribution in [2.75, 3.05) is 19.0 Å². The summed E-state index contributed by atoms with van der Waals surface area (Å²) in [4.78, 5) is 12.5. The summed E-state index contributed by atoms with van der Waals surface area (Å²) in [5.74, 6) is 1.05. The smallest absolute Gasteiger partial charge is 0.248 e. The molecular weight excluding hydrogens is 378 g/mol. The molecule has 0 aliphatic heterocycles. The molecule has 0 saturated heterocycles. The van der Waals surface area contributed by atoms with Crippen LogP contribution >= 0.6 is 0 Å². The van der Waals surface area contributed by atoms with Gasteiger partial charge in [-0.3, -0.25) is 4.79 Å². The van der Waals surface area contributed by atoms with Crippen LogP contribution in [0.2, 0.25) is 0 Å². The quantitative estimate of drug-likeness (QED) is 0.315. The van der Waals surface area contributed by atoms with Crippen molar-refractivity contribution >= 4 is 39.6 Å². The number of benzene rings is 3. The number of ether oxygens (including phenoxy) is 2. The molecule has 30 heavy (non-hydrogen) atoms. The zero-order valence-electron chi connectivity index (χ0n) is 16.6. The maximum atomic E-state index is 12.5. The molecule has 150 valence electrons. The number of carbonyl (C=O) groups excluding carboxylic acids is 1. The van der Waals surface area contributed by atoms with Crippen molar-refractivity contribution in [3.05, 3.63) is 85.0 Å². The van der Waals surface area contributed by atoms with Gasteiger partial charge in [-0.05, 0) is 35.9 Å². The molecule has 0 unspecified atom stereocenters. The molecule has 0 spiro atoms. The van der Waals surface area contributed by atoms with Crippen LogP contribution in [0.15, 0.2) is 83.8 Å². The van der Waals surface area contributed by atoms with Crippen molar-refractivity contribution in [1.82, 2.24) is 0 Å². The topological polar surface area (TPSA) is 60.7 Å². The van der Waals surface area contributed by atoms with E-state index in [-0.39, 0.29) is 5.91 Å². The summed E-state index contributed by atoms with van der Waals surface area (Å²) in [6.07, 6.45) is 4.90. The van der Waals surface area contributed by atoms with Gasteiger partial charge in [0, 0.05) is 22.9 Å². The third-order valence-electron chi connectivity index (χ3n) is 4.63. The summed E-state index contributed by atoms with van der Waals surface area (Å²) in [6.45, 7) is 4.07. The minimum Gasteiger partial charge on any atom is -0.495 e. The fraction of sp³-hybridized carbons (Fsp3) is 0.0800. The third kappa shape index (κ3) is 4.05. The van der Waals surface area contributed by atoms with Gasteiger partial charge in [0.2, 0.25) is 5.91 Å².